The number of hydrogen-bond acceptors (Lipinski definition) is 6. The van der Waals surface area contributed by atoms with Crippen molar-refractivity contribution < 1.29 is 28.6 Å². The van der Waals surface area contributed by atoms with E-state index in [1.54, 1.807) is 0 Å². The van der Waals surface area contributed by atoms with Crippen LogP contribution in [-0.2, 0) is 28.6 Å². The van der Waals surface area contributed by atoms with Crippen molar-refractivity contribution in [2.24, 2.45) is 0 Å². The van der Waals surface area contributed by atoms with Crippen LogP contribution in [0.15, 0.2) is 158 Å². The summed E-state index contributed by atoms with van der Waals surface area (Å²) < 4.78 is 16.9. The van der Waals surface area contributed by atoms with Crippen LogP contribution in [0.2, 0.25) is 0 Å². The largest absolute Gasteiger partial charge is 0.462 e. The van der Waals surface area contributed by atoms with E-state index < -0.39 is 6.10 Å². The zero-order valence-corrected chi connectivity index (χ0v) is 52.2. The Morgan fingerprint density at radius 1 is 0.259 bits per heavy atom. The van der Waals surface area contributed by atoms with Gasteiger partial charge in [-0.25, -0.2) is 0 Å². The Morgan fingerprint density at radius 2 is 0.494 bits per heavy atom. The monoisotopic (exact) mass is 1120 g/mol. The van der Waals surface area contributed by atoms with Gasteiger partial charge < -0.3 is 14.2 Å². The van der Waals surface area contributed by atoms with Crippen molar-refractivity contribution >= 4 is 17.9 Å². The molecule has 0 amide bonds. The van der Waals surface area contributed by atoms with E-state index in [1.807, 2.05) is 0 Å². The van der Waals surface area contributed by atoms with Crippen LogP contribution in [0.25, 0.3) is 0 Å². The zero-order chi connectivity index (χ0) is 58.5. The van der Waals surface area contributed by atoms with E-state index in [1.165, 1.54) is 103 Å². The van der Waals surface area contributed by atoms with E-state index in [-0.39, 0.29) is 37.5 Å². The lowest BCUT2D eigenvalue weighted by Gasteiger charge is -2.18. The SMILES string of the molecule is CC/C=C\C/C=C\C/C=C\C/C=C\C/C=C\C/C=C\C/C=C\CCCCCC(=O)OCC(COC(=O)CCC/C=C\C/C=C\C/C=C\C/C=C\C/C=C\CC)OC(=O)CCCCCCCCCCC/C=C\CCCCCCCCCC. The fraction of sp³-hybridized carbons (Fsp3) is 0.613. The van der Waals surface area contributed by atoms with Gasteiger partial charge in [-0.3, -0.25) is 14.4 Å². The second-order valence-electron chi connectivity index (χ2n) is 21.3. The summed E-state index contributed by atoms with van der Waals surface area (Å²) in [5, 5.41) is 0. The molecule has 0 aliphatic rings. The second kappa shape index (κ2) is 67.5. The van der Waals surface area contributed by atoms with E-state index in [0.29, 0.717) is 19.3 Å². The molecule has 1 atom stereocenters. The van der Waals surface area contributed by atoms with Crippen LogP contribution in [0.5, 0.6) is 0 Å². The molecule has 0 spiro atoms. The number of hydrogen-bond donors (Lipinski definition) is 0. The average molecular weight is 1120 g/mol. The molecule has 0 radical (unpaired) electrons. The van der Waals surface area contributed by atoms with Gasteiger partial charge in [0.05, 0.1) is 0 Å². The Labute approximate surface area is 499 Å². The zero-order valence-electron chi connectivity index (χ0n) is 52.2. The molecular formula is C75H120O6. The summed E-state index contributed by atoms with van der Waals surface area (Å²) in [6.45, 7) is 6.34. The average Bonchev–Trinajstić information content (AvgIpc) is 3.47. The number of allylic oxidation sites excluding steroid dienone is 26. The summed E-state index contributed by atoms with van der Waals surface area (Å²) in [6, 6.07) is 0. The van der Waals surface area contributed by atoms with Crippen molar-refractivity contribution in [1.29, 1.82) is 0 Å². The lowest BCUT2D eigenvalue weighted by atomic mass is 10.1. The Balaban J connectivity index is 4.53. The standard InChI is InChI=1S/C75H120O6/c1-4-7-10-13-16-19-22-25-28-31-33-35-36-37-38-40-41-44-47-50-53-56-59-62-65-68-74(77)80-71-72(70-79-73(76)67-64-61-58-55-52-49-46-43-30-27-24-21-18-15-12-9-6-3)81-75(78)69-66-63-60-57-54-51-48-45-42-39-34-32-29-26-23-20-17-14-11-8-5-2/h7,9-10,12,16,18-19,21,25,27-28,30,32-35,37-38,41,44,46,49-50,53,55,58,72H,4-6,8,11,13-15,17,20,22-24,26,29,31,36,39-40,42-43,45,47-48,51-52,54,56-57,59-71H2,1-3H3/b10-7-,12-9-,19-16-,21-18-,28-25-,30-27-,34-32-,35-33-,38-37-,44-41-,49-46-,53-50-,58-55-. The smallest absolute Gasteiger partial charge is 0.306 e. The topological polar surface area (TPSA) is 78.9 Å². The summed E-state index contributed by atoms with van der Waals surface area (Å²) in [5.41, 5.74) is 0. The Hall–Kier alpha value is -4.97. The van der Waals surface area contributed by atoms with E-state index in [2.05, 4.69) is 179 Å². The van der Waals surface area contributed by atoms with Gasteiger partial charge in [0.15, 0.2) is 6.10 Å². The summed E-state index contributed by atoms with van der Waals surface area (Å²) in [5.74, 6) is -1.01. The van der Waals surface area contributed by atoms with Crippen molar-refractivity contribution in [1.82, 2.24) is 0 Å². The van der Waals surface area contributed by atoms with Gasteiger partial charge >= 0.3 is 17.9 Å². The molecular weight excluding hydrogens is 997 g/mol. The number of rotatable bonds is 58. The molecule has 0 bridgehead atoms. The van der Waals surface area contributed by atoms with E-state index in [0.717, 1.165) is 128 Å². The van der Waals surface area contributed by atoms with Crippen molar-refractivity contribution in [2.45, 2.75) is 284 Å². The molecule has 81 heavy (non-hydrogen) atoms. The highest BCUT2D eigenvalue weighted by Gasteiger charge is 2.19. The Morgan fingerprint density at radius 3 is 0.827 bits per heavy atom. The first-order valence-electron chi connectivity index (χ1n) is 33.0. The fourth-order valence-electron chi connectivity index (χ4n) is 8.63. The van der Waals surface area contributed by atoms with Crippen LogP contribution < -0.4 is 0 Å². The van der Waals surface area contributed by atoms with Crippen molar-refractivity contribution in [3.63, 3.8) is 0 Å². The van der Waals surface area contributed by atoms with Gasteiger partial charge in [0, 0.05) is 19.3 Å². The molecule has 0 rings (SSSR count). The molecule has 0 saturated carbocycles. The summed E-state index contributed by atoms with van der Waals surface area (Å²) in [6.07, 6.45) is 98.3. The van der Waals surface area contributed by atoms with Gasteiger partial charge in [-0.1, -0.05) is 275 Å². The van der Waals surface area contributed by atoms with Crippen LogP contribution in [0, 0.1) is 0 Å². The number of unbranched alkanes of at least 4 members (excludes halogenated alkanes) is 21. The molecule has 0 aromatic carbocycles. The van der Waals surface area contributed by atoms with Gasteiger partial charge in [0.1, 0.15) is 13.2 Å². The minimum absolute atomic E-state index is 0.120. The molecule has 0 saturated heterocycles. The molecule has 0 heterocycles. The van der Waals surface area contributed by atoms with Crippen LogP contribution in [0.1, 0.15) is 278 Å². The minimum atomic E-state index is -0.826. The van der Waals surface area contributed by atoms with E-state index in [9.17, 15) is 14.4 Å². The molecule has 1 unspecified atom stereocenters. The molecule has 0 N–H and O–H groups in total. The van der Waals surface area contributed by atoms with Crippen LogP contribution in [0.3, 0.4) is 0 Å². The Kier molecular flexibility index (Phi) is 63.4. The normalized spacial score (nSPS) is 13.2. The predicted molar refractivity (Wildman–Crippen MR) is 352 cm³/mol. The van der Waals surface area contributed by atoms with Crippen molar-refractivity contribution in [3.8, 4) is 0 Å². The highest BCUT2D eigenvalue weighted by molar-refractivity contribution is 5.71. The first-order valence-corrected chi connectivity index (χ1v) is 33.0. The molecule has 0 aliphatic heterocycles. The first kappa shape index (κ1) is 76.0. The van der Waals surface area contributed by atoms with Crippen molar-refractivity contribution in [3.05, 3.63) is 158 Å². The van der Waals surface area contributed by atoms with Crippen LogP contribution in [0.4, 0.5) is 0 Å². The molecule has 0 fully saturated rings. The molecule has 6 heteroatoms. The third-order valence-corrected chi connectivity index (χ3v) is 13.5. The van der Waals surface area contributed by atoms with Gasteiger partial charge in [-0.15, -0.1) is 0 Å². The lowest BCUT2D eigenvalue weighted by molar-refractivity contribution is -0.167. The highest BCUT2D eigenvalue weighted by Crippen LogP contribution is 2.15. The molecule has 0 aromatic rings. The first-order chi connectivity index (χ1) is 40.0. The minimum Gasteiger partial charge on any atom is -0.462 e. The van der Waals surface area contributed by atoms with E-state index >= 15 is 0 Å². The maximum atomic E-state index is 12.9. The highest BCUT2D eigenvalue weighted by atomic mass is 16.6. The summed E-state index contributed by atoms with van der Waals surface area (Å²) in [7, 11) is 0. The molecule has 456 valence electrons. The van der Waals surface area contributed by atoms with Crippen molar-refractivity contribution in [2.75, 3.05) is 13.2 Å². The van der Waals surface area contributed by atoms with Gasteiger partial charge in [-0.05, 0) is 141 Å². The number of esters is 3. The van der Waals surface area contributed by atoms with Crippen LogP contribution >= 0.6 is 0 Å². The third kappa shape index (κ3) is 65.7. The number of ether oxygens (including phenoxy) is 3. The van der Waals surface area contributed by atoms with Gasteiger partial charge in [0.2, 0.25) is 0 Å². The predicted octanol–water partition coefficient (Wildman–Crippen LogP) is 22.9. The molecule has 6 nitrogen and oxygen atoms in total. The van der Waals surface area contributed by atoms with Gasteiger partial charge in [0.25, 0.3) is 0 Å². The summed E-state index contributed by atoms with van der Waals surface area (Å²) >= 11 is 0. The second-order valence-corrected chi connectivity index (χ2v) is 21.3. The molecule has 0 aliphatic carbocycles. The molecule has 0 aromatic heterocycles. The third-order valence-electron chi connectivity index (χ3n) is 13.5. The maximum Gasteiger partial charge on any atom is 0.306 e. The maximum absolute atomic E-state index is 12.9. The summed E-state index contributed by atoms with van der Waals surface area (Å²) in [4.78, 5) is 38.4. The lowest BCUT2D eigenvalue weighted by Crippen LogP contribution is -2.30. The van der Waals surface area contributed by atoms with Gasteiger partial charge in [-0.2, -0.15) is 0 Å². The van der Waals surface area contributed by atoms with E-state index in [4.69, 9.17) is 14.2 Å². The Bertz CT molecular complexity index is 1810. The quantitative estimate of drug-likeness (QED) is 0.0261. The number of carbonyl (C=O) groups is 3. The number of carbonyl (C=O) groups excluding carboxylic acids is 3. The van der Waals surface area contributed by atoms with Crippen LogP contribution in [-0.4, -0.2) is 37.2 Å². The fourth-order valence-corrected chi connectivity index (χ4v) is 8.63.